The van der Waals surface area contributed by atoms with E-state index in [-0.39, 0.29) is 18.3 Å². The molecule has 1 amide bonds. The van der Waals surface area contributed by atoms with E-state index in [1.54, 1.807) is 6.92 Å². The summed E-state index contributed by atoms with van der Waals surface area (Å²) in [5, 5.41) is 2.74. The Morgan fingerprint density at radius 2 is 1.86 bits per heavy atom. The van der Waals surface area contributed by atoms with Crippen LogP contribution >= 0.6 is 0 Å². The number of halogens is 1. The maximum Gasteiger partial charge on any atom is 0.243 e. The third-order valence-corrected chi connectivity index (χ3v) is 5.36. The van der Waals surface area contributed by atoms with Gasteiger partial charge in [-0.15, -0.1) is 0 Å². The number of nitrogens with one attached hydrogen (secondary N) is 1. The number of benzene rings is 2. The molecule has 0 spiro atoms. The van der Waals surface area contributed by atoms with E-state index in [0.717, 1.165) is 22.2 Å². The molecule has 0 saturated carbocycles. The molecule has 0 aliphatic rings. The molecular formula is C20H25FN2O4S. The monoisotopic (exact) mass is 408 g/mol. The zero-order chi connectivity index (χ0) is 20.9. The molecule has 0 saturated heterocycles. The molecule has 2 rings (SSSR count). The number of aryl methyl sites for hydroxylation is 1. The van der Waals surface area contributed by atoms with Crippen LogP contribution in [-0.2, 0) is 14.8 Å². The van der Waals surface area contributed by atoms with Crippen molar-refractivity contribution in [2.24, 2.45) is 0 Å². The summed E-state index contributed by atoms with van der Waals surface area (Å²) in [6.45, 7) is 5.36. The highest BCUT2D eigenvalue weighted by molar-refractivity contribution is 7.92. The lowest BCUT2D eigenvalue weighted by molar-refractivity contribution is -0.122. The molecule has 1 N–H and O–H groups in total. The standard InChI is InChI=1S/C20H25FN2O4S/c1-14-8-5-6-11-19(14)27-13-15(2)22-20(24)16(3)23(28(4,25)26)18-10-7-9-17(21)12-18/h5-12,15-16H,13H2,1-4H3,(H,22,24)/t15-,16-/m1/s1. The normalized spacial score (nSPS) is 13.5. The van der Waals surface area contributed by atoms with E-state index in [2.05, 4.69) is 5.32 Å². The zero-order valence-corrected chi connectivity index (χ0v) is 17.2. The lowest BCUT2D eigenvalue weighted by Crippen LogP contribution is -2.50. The first kappa shape index (κ1) is 21.7. The third-order valence-electron chi connectivity index (χ3n) is 4.12. The van der Waals surface area contributed by atoms with Crippen LogP contribution in [0.3, 0.4) is 0 Å². The molecule has 0 aliphatic heterocycles. The number of amides is 1. The number of anilines is 1. The van der Waals surface area contributed by atoms with Crippen molar-refractivity contribution in [3.63, 3.8) is 0 Å². The molecule has 2 atom stereocenters. The molecule has 0 bridgehead atoms. The van der Waals surface area contributed by atoms with Gasteiger partial charge in [0.15, 0.2) is 0 Å². The smallest absolute Gasteiger partial charge is 0.243 e. The van der Waals surface area contributed by atoms with Crippen LogP contribution in [0, 0.1) is 12.7 Å². The number of rotatable bonds is 8. The van der Waals surface area contributed by atoms with Crippen LogP contribution in [0.1, 0.15) is 19.4 Å². The molecule has 0 unspecified atom stereocenters. The molecule has 0 fully saturated rings. The van der Waals surface area contributed by atoms with Crippen LogP contribution in [-0.4, -0.2) is 39.3 Å². The van der Waals surface area contributed by atoms with Crippen LogP contribution in [0.25, 0.3) is 0 Å². The summed E-state index contributed by atoms with van der Waals surface area (Å²) >= 11 is 0. The van der Waals surface area contributed by atoms with Gasteiger partial charge in [-0.05, 0) is 50.6 Å². The van der Waals surface area contributed by atoms with Crippen molar-refractivity contribution in [2.45, 2.75) is 32.9 Å². The topological polar surface area (TPSA) is 75.7 Å². The molecule has 2 aromatic carbocycles. The van der Waals surface area contributed by atoms with Gasteiger partial charge in [0.05, 0.1) is 18.0 Å². The summed E-state index contributed by atoms with van der Waals surface area (Å²) in [7, 11) is -3.80. The summed E-state index contributed by atoms with van der Waals surface area (Å²) < 4.78 is 44.6. The van der Waals surface area contributed by atoms with E-state index in [4.69, 9.17) is 4.74 Å². The first-order chi connectivity index (χ1) is 13.1. The minimum Gasteiger partial charge on any atom is -0.491 e. The Morgan fingerprint density at radius 3 is 2.46 bits per heavy atom. The Balaban J connectivity index is 2.07. The van der Waals surface area contributed by atoms with Gasteiger partial charge >= 0.3 is 0 Å². The molecule has 2 aromatic rings. The minimum absolute atomic E-state index is 0.0916. The number of sulfonamides is 1. The highest BCUT2D eigenvalue weighted by Crippen LogP contribution is 2.22. The molecule has 0 heterocycles. The van der Waals surface area contributed by atoms with Gasteiger partial charge in [0.1, 0.15) is 24.2 Å². The van der Waals surface area contributed by atoms with Gasteiger partial charge in [-0.1, -0.05) is 24.3 Å². The maximum atomic E-state index is 13.5. The maximum absolute atomic E-state index is 13.5. The first-order valence-corrected chi connectivity index (χ1v) is 10.7. The second kappa shape index (κ2) is 9.05. The van der Waals surface area contributed by atoms with E-state index in [9.17, 15) is 17.6 Å². The zero-order valence-electron chi connectivity index (χ0n) is 16.3. The molecule has 0 aliphatic carbocycles. The summed E-state index contributed by atoms with van der Waals surface area (Å²) in [5.74, 6) is -0.372. The third kappa shape index (κ3) is 5.69. The van der Waals surface area contributed by atoms with Gasteiger partial charge in [-0.25, -0.2) is 12.8 Å². The van der Waals surface area contributed by atoms with E-state index >= 15 is 0 Å². The largest absolute Gasteiger partial charge is 0.491 e. The van der Waals surface area contributed by atoms with E-state index in [1.165, 1.54) is 25.1 Å². The van der Waals surface area contributed by atoms with Crippen LogP contribution < -0.4 is 14.4 Å². The number of carbonyl (C=O) groups is 1. The number of carbonyl (C=O) groups excluding carboxylic acids is 1. The molecular weight excluding hydrogens is 383 g/mol. The van der Waals surface area contributed by atoms with E-state index in [0.29, 0.717) is 5.75 Å². The molecule has 6 nitrogen and oxygen atoms in total. The lowest BCUT2D eigenvalue weighted by atomic mass is 10.2. The van der Waals surface area contributed by atoms with Gasteiger partial charge < -0.3 is 10.1 Å². The van der Waals surface area contributed by atoms with E-state index in [1.807, 2.05) is 31.2 Å². The number of ether oxygens (including phenoxy) is 1. The predicted molar refractivity (Wildman–Crippen MR) is 107 cm³/mol. The number of nitrogens with zero attached hydrogens (tertiary/aromatic N) is 1. The number of hydrogen-bond acceptors (Lipinski definition) is 4. The lowest BCUT2D eigenvalue weighted by Gasteiger charge is -2.29. The quantitative estimate of drug-likeness (QED) is 0.729. The van der Waals surface area contributed by atoms with Crippen LogP contribution in [0.2, 0.25) is 0 Å². The van der Waals surface area contributed by atoms with Crippen molar-refractivity contribution in [2.75, 3.05) is 17.2 Å². The van der Waals surface area contributed by atoms with Crippen molar-refractivity contribution < 1.29 is 22.3 Å². The van der Waals surface area contributed by atoms with Crippen LogP contribution in [0.15, 0.2) is 48.5 Å². The van der Waals surface area contributed by atoms with Crippen LogP contribution in [0.5, 0.6) is 5.75 Å². The van der Waals surface area contributed by atoms with Crippen molar-refractivity contribution in [1.82, 2.24) is 5.32 Å². The fraction of sp³-hybridized carbons (Fsp3) is 0.350. The molecule has 152 valence electrons. The first-order valence-electron chi connectivity index (χ1n) is 8.83. The van der Waals surface area contributed by atoms with Gasteiger partial charge in [0.25, 0.3) is 0 Å². The highest BCUT2D eigenvalue weighted by atomic mass is 32.2. The van der Waals surface area contributed by atoms with Crippen molar-refractivity contribution in [3.05, 3.63) is 59.9 Å². The second-order valence-corrected chi connectivity index (χ2v) is 8.56. The average molecular weight is 408 g/mol. The fourth-order valence-corrected chi connectivity index (χ4v) is 3.93. The molecule has 0 radical (unpaired) electrons. The summed E-state index contributed by atoms with van der Waals surface area (Å²) in [4.78, 5) is 12.6. The summed E-state index contributed by atoms with van der Waals surface area (Å²) in [5.41, 5.74) is 1.07. The second-order valence-electron chi connectivity index (χ2n) is 6.70. The number of hydrogen-bond donors (Lipinski definition) is 1. The van der Waals surface area contributed by atoms with E-state index < -0.39 is 27.8 Å². The Kier molecular flexibility index (Phi) is 7.01. The average Bonchev–Trinajstić information content (AvgIpc) is 2.60. The van der Waals surface area contributed by atoms with Gasteiger partial charge in [-0.2, -0.15) is 0 Å². The van der Waals surface area contributed by atoms with Gasteiger partial charge in [0, 0.05) is 0 Å². The minimum atomic E-state index is -3.80. The predicted octanol–water partition coefficient (Wildman–Crippen LogP) is 2.87. The van der Waals surface area contributed by atoms with Crippen molar-refractivity contribution in [3.8, 4) is 5.75 Å². The van der Waals surface area contributed by atoms with Crippen LogP contribution in [0.4, 0.5) is 10.1 Å². The molecule has 8 heteroatoms. The number of para-hydroxylation sites is 1. The Hall–Kier alpha value is -2.61. The van der Waals surface area contributed by atoms with Crippen molar-refractivity contribution in [1.29, 1.82) is 0 Å². The molecule has 28 heavy (non-hydrogen) atoms. The Labute approximate surface area is 165 Å². The summed E-state index contributed by atoms with van der Waals surface area (Å²) in [6.07, 6.45) is 0.979. The van der Waals surface area contributed by atoms with Crippen molar-refractivity contribution >= 4 is 21.6 Å². The SMILES string of the molecule is Cc1ccccc1OC[C@@H](C)NC(=O)[C@@H](C)N(c1cccc(F)c1)S(C)(=O)=O. The fourth-order valence-electron chi connectivity index (χ4n) is 2.76. The Morgan fingerprint density at radius 1 is 1.18 bits per heavy atom. The van der Waals surface area contributed by atoms with Gasteiger partial charge in [-0.3, -0.25) is 9.10 Å². The summed E-state index contributed by atoms with van der Waals surface area (Å²) in [6, 6.07) is 11.2. The highest BCUT2D eigenvalue weighted by Gasteiger charge is 2.30. The van der Waals surface area contributed by atoms with Gasteiger partial charge in [0.2, 0.25) is 15.9 Å². The molecule has 0 aromatic heterocycles. The Bertz CT molecular complexity index is 933.